The fourth-order valence-electron chi connectivity index (χ4n) is 1.69. The van der Waals surface area contributed by atoms with E-state index in [1.165, 1.54) is 0 Å². The van der Waals surface area contributed by atoms with Gasteiger partial charge in [-0.25, -0.2) is 4.98 Å². The van der Waals surface area contributed by atoms with Crippen molar-refractivity contribution in [1.29, 1.82) is 0 Å². The summed E-state index contributed by atoms with van der Waals surface area (Å²) < 4.78 is 4.99. The molecule has 5 nitrogen and oxygen atoms in total. The Hall–Kier alpha value is -2.43. The SMILES string of the molecule is Nc1ccc2nc(NCc3ccoc3)[nH]c2c1. The smallest absolute Gasteiger partial charge is 0.201 e. The predicted octanol–water partition coefficient (Wildman–Crippen LogP) is 2.35. The van der Waals surface area contributed by atoms with E-state index in [1.54, 1.807) is 12.5 Å². The molecule has 0 amide bonds. The number of aromatic amines is 1. The van der Waals surface area contributed by atoms with Crippen molar-refractivity contribution in [2.45, 2.75) is 6.54 Å². The minimum atomic E-state index is 0.672. The van der Waals surface area contributed by atoms with Crippen molar-refractivity contribution in [1.82, 2.24) is 9.97 Å². The van der Waals surface area contributed by atoms with Gasteiger partial charge in [0, 0.05) is 17.8 Å². The standard InChI is InChI=1S/C12H12N4O/c13-9-1-2-10-11(5-9)16-12(15-10)14-6-8-3-4-17-7-8/h1-5,7H,6,13H2,(H2,14,15,16). The van der Waals surface area contributed by atoms with E-state index in [9.17, 15) is 0 Å². The molecule has 2 aromatic heterocycles. The van der Waals surface area contributed by atoms with Crippen LogP contribution in [-0.4, -0.2) is 9.97 Å². The molecule has 0 radical (unpaired) electrons. The fraction of sp³-hybridized carbons (Fsp3) is 0.0833. The van der Waals surface area contributed by atoms with Crippen LogP contribution in [0.25, 0.3) is 11.0 Å². The van der Waals surface area contributed by atoms with Crippen molar-refractivity contribution in [3.63, 3.8) is 0 Å². The van der Waals surface area contributed by atoms with Gasteiger partial charge >= 0.3 is 0 Å². The lowest BCUT2D eigenvalue weighted by Gasteiger charge is -1.98. The summed E-state index contributed by atoms with van der Waals surface area (Å²) in [6.45, 7) is 0.672. The number of furan rings is 1. The highest BCUT2D eigenvalue weighted by Crippen LogP contribution is 2.17. The second-order valence-electron chi connectivity index (χ2n) is 3.85. The van der Waals surface area contributed by atoms with Gasteiger partial charge in [0.05, 0.1) is 23.6 Å². The van der Waals surface area contributed by atoms with Crippen molar-refractivity contribution in [3.05, 3.63) is 42.4 Å². The Morgan fingerprint density at radius 1 is 1.35 bits per heavy atom. The van der Waals surface area contributed by atoms with Gasteiger partial charge in [0.1, 0.15) is 0 Å². The summed E-state index contributed by atoms with van der Waals surface area (Å²) in [6, 6.07) is 7.51. The van der Waals surface area contributed by atoms with Crippen LogP contribution < -0.4 is 11.1 Å². The van der Waals surface area contributed by atoms with Gasteiger partial charge in [-0.05, 0) is 24.3 Å². The zero-order valence-electron chi connectivity index (χ0n) is 9.10. The minimum Gasteiger partial charge on any atom is -0.472 e. The van der Waals surface area contributed by atoms with E-state index in [0.717, 1.165) is 28.2 Å². The number of hydrogen-bond acceptors (Lipinski definition) is 4. The van der Waals surface area contributed by atoms with E-state index in [-0.39, 0.29) is 0 Å². The molecule has 0 saturated heterocycles. The number of H-pyrrole nitrogens is 1. The average Bonchev–Trinajstić information content (AvgIpc) is 2.94. The van der Waals surface area contributed by atoms with E-state index in [0.29, 0.717) is 6.54 Å². The van der Waals surface area contributed by atoms with E-state index in [1.807, 2.05) is 24.3 Å². The highest BCUT2D eigenvalue weighted by molar-refractivity contribution is 5.80. The summed E-state index contributed by atoms with van der Waals surface area (Å²) in [6.07, 6.45) is 3.35. The number of nitrogens with zero attached hydrogens (tertiary/aromatic N) is 1. The van der Waals surface area contributed by atoms with Gasteiger partial charge in [0.2, 0.25) is 5.95 Å². The molecule has 0 spiro atoms. The van der Waals surface area contributed by atoms with Crippen LogP contribution in [0.15, 0.2) is 41.2 Å². The average molecular weight is 228 g/mol. The molecule has 0 unspecified atom stereocenters. The third-order valence-electron chi connectivity index (χ3n) is 2.55. The molecule has 0 aliphatic heterocycles. The number of nitrogens with one attached hydrogen (secondary N) is 2. The Labute approximate surface area is 97.6 Å². The van der Waals surface area contributed by atoms with Crippen molar-refractivity contribution < 1.29 is 4.42 Å². The number of nitrogens with two attached hydrogens (primary N) is 1. The van der Waals surface area contributed by atoms with Crippen molar-refractivity contribution in [2.24, 2.45) is 0 Å². The number of hydrogen-bond donors (Lipinski definition) is 3. The second-order valence-corrected chi connectivity index (χ2v) is 3.85. The zero-order chi connectivity index (χ0) is 11.7. The molecule has 4 N–H and O–H groups in total. The van der Waals surface area contributed by atoms with Gasteiger partial charge < -0.3 is 20.5 Å². The Bertz CT molecular complexity index is 627. The first kappa shape index (κ1) is 9.77. The molecule has 0 bridgehead atoms. The molecule has 0 aliphatic rings. The monoisotopic (exact) mass is 228 g/mol. The molecule has 0 saturated carbocycles. The van der Waals surface area contributed by atoms with E-state index < -0.39 is 0 Å². The minimum absolute atomic E-state index is 0.672. The Kier molecular flexibility index (Phi) is 2.22. The van der Waals surface area contributed by atoms with Crippen molar-refractivity contribution in [2.75, 3.05) is 11.1 Å². The highest BCUT2D eigenvalue weighted by Gasteiger charge is 2.02. The lowest BCUT2D eigenvalue weighted by molar-refractivity contribution is 0.564. The number of benzene rings is 1. The number of imidazole rings is 1. The van der Waals surface area contributed by atoms with Gasteiger partial charge in [-0.15, -0.1) is 0 Å². The largest absolute Gasteiger partial charge is 0.472 e. The highest BCUT2D eigenvalue weighted by atomic mass is 16.3. The molecule has 5 heteroatoms. The Morgan fingerprint density at radius 3 is 3.12 bits per heavy atom. The molecule has 1 aromatic carbocycles. The van der Waals surface area contributed by atoms with Crippen LogP contribution >= 0.6 is 0 Å². The van der Waals surface area contributed by atoms with E-state index in [2.05, 4.69) is 15.3 Å². The summed E-state index contributed by atoms with van der Waals surface area (Å²) in [5.41, 5.74) is 9.33. The van der Waals surface area contributed by atoms with Crippen LogP contribution in [0.1, 0.15) is 5.56 Å². The topological polar surface area (TPSA) is 79.9 Å². The Balaban J connectivity index is 1.81. The Morgan fingerprint density at radius 2 is 2.29 bits per heavy atom. The summed E-state index contributed by atoms with van der Waals surface area (Å²) in [5.74, 6) is 0.729. The third kappa shape index (κ3) is 1.94. The van der Waals surface area contributed by atoms with Crippen LogP contribution in [-0.2, 0) is 6.54 Å². The first-order valence-electron chi connectivity index (χ1n) is 5.31. The number of rotatable bonds is 3. The number of nitrogen functional groups attached to an aromatic ring is 1. The molecule has 0 atom stereocenters. The molecule has 0 aliphatic carbocycles. The van der Waals surface area contributed by atoms with Crippen LogP contribution in [0.3, 0.4) is 0 Å². The molecule has 3 rings (SSSR count). The predicted molar refractivity (Wildman–Crippen MR) is 66.5 cm³/mol. The number of aromatic nitrogens is 2. The third-order valence-corrected chi connectivity index (χ3v) is 2.55. The second kappa shape index (κ2) is 3.86. The first-order chi connectivity index (χ1) is 8.31. The van der Waals surface area contributed by atoms with Crippen LogP contribution in [0.4, 0.5) is 11.6 Å². The molecule has 2 heterocycles. The molecular formula is C12H12N4O. The number of anilines is 2. The lowest BCUT2D eigenvalue weighted by Crippen LogP contribution is -1.99. The number of fused-ring (bicyclic) bond motifs is 1. The van der Waals surface area contributed by atoms with E-state index in [4.69, 9.17) is 10.2 Å². The summed E-state index contributed by atoms with van der Waals surface area (Å²) >= 11 is 0. The van der Waals surface area contributed by atoms with Gasteiger partial charge in [-0.3, -0.25) is 0 Å². The summed E-state index contributed by atoms with van der Waals surface area (Å²) in [4.78, 5) is 7.57. The molecule has 17 heavy (non-hydrogen) atoms. The molecule has 86 valence electrons. The summed E-state index contributed by atoms with van der Waals surface area (Å²) in [7, 11) is 0. The zero-order valence-corrected chi connectivity index (χ0v) is 9.10. The quantitative estimate of drug-likeness (QED) is 0.601. The van der Waals surface area contributed by atoms with Gasteiger partial charge in [0.15, 0.2) is 0 Å². The van der Waals surface area contributed by atoms with E-state index >= 15 is 0 Å². The van der Waals surface area contributed by atoms with Gasteiger partial charge in [0.25, 0.3) is 0 Å². The molecule has 0 fully saturated rings. The van der Waals surface area contributed by atoms with Crippen molar-refractivity contribution >= 4 is 22.7 Å². The van der Waals surface area contributed by atoms with Crippen LogP contribution in [0.2, 0.25) is 0 Å². The maximum atomic E-state index is 5.70. The summed E-state index contributed by atoms with van der Waals surface area (Å²) in [5, 5.41) is 3.19. The molecular weight excluding hydrogens is 216 g/mol. The normalized spacial score (nSPS) is 10.8. The maximum absolute atomic E-state index is 5.70. The van der Waals surface area contributed by atoms with Gasteiger partial charge in [-0.2, -0.15) is 0 Å². The van der Waals surface area contributed by atoms with Crippen molar-refractivity contribution in [3.8, 4) is 0 Å². The van der Waals surface area contributed by atoms with Crippen LogP contribution in [0.5, 0.6) is 0 Å². The molecule has 3 aromatic rings. The maximum Gasteiger partial charge on any atom is 0.201 e. The first-order valence-corrected chi connectivity index (χ1v) is 5.31. The lowest BCUT2D eigenvalue weighted by atomic mass is 10.3. The van der Waals surface area contributed by atoms with Crippen LogP contribution in [0, 0.1) is 0 Å². The van der Waals surface area contributed by atoms with Gasteiger partial charge in [-0.1, -0.05) is 0 Å². The fourth-order valence-corrected chi connectivity index (χ4v) is 1.69.